The molecule has 2 aromatic carbocycles. The zero-order chi connectivity index (χ0) is 16.9. The third-order valence-corrected chi connectivity index (χ3v) is 4.47. The maximum atomic E-state index is 12.5. The number of hydrogen-bond acceptors (Lipinski definition) is 2. The number of phenolic OH excluding ortho intramolecular Hbond substituents is 1. The first-order valence-corrected chi connectivity index (χ1v) is 8.51. The van der Waals surface area contributed by atoms with Gasteiger partial charge in [-0.1, -0.05) is 40.2 Å². The second-order valence-corrected chi connectivity index (χ2v) is 7.08. The largest absolute Gasteiger partial charge is 0.508 e. The maximum absolute atomic E-state index is 12.5. The summed E-state index contributed by atoms with van der Waals surface area (Å²) < 4.78 is 0.975. The average Bonchev–Trinajstić information content (AvgIpc) is 2.53. The Labute approximate surface area is 145 Å². The molecule has 2 rings (SSSR count). The molecule has 0 aliphatic carbocycles. The summed E-state index contributed by atoms with van der Waals surface area (Å²) in [5, 5.41) is 12.3. The Balaban J connectivity index is 1.85. The van der Waals surface area contributed by atoms with Crippen LogP contribution in [0.25, 0.3) is 0 Å². The second-order valence-electron chi connectivity index (χ2n) is 6.16. The Morgan fingerprint density at radius 2 is 1.87 bits per heavy atom. The number of benzene rings is 2. The molecular formula is C19H22BrNO2. The Morgan fingerprint density at radius 1 is 1.17 bits per heavy atom. The monoisotopic (exact) mass is 375 g/mol. The van der Waals surface area contributed by atoms with Crippen molar-refractivity contribution in [2.75, 3.05) is 6.54 Å². The molecule has 3 nitrogen and oxygen atoms in total. The first-order valence-electron chi connectivity index (χ1n) is 7.72. The number of aryl methyl sites for hydroxylation is 1. The summed E-state index contributed by atoms with van der Waals surface area (Å²) in [6.07, 6.45) is 1.74. The fourth-order valence-electron chi connectivity index (χ4n) is 2.39. The van der Waals surface area contributed by atoms with Crippen LogP contribution >= 0.6 is 15.9 Å². The number of phenols is 1. The molecule has 0 atom stereocenters. The van der Waals surface area contributed by atoms with Crippen molar-refractivity contribution in [2.45, 2.75) is 32.1 Å². The second kappa shape index (κ2) is 7.64. The Hall–Kier alpha value is -1.81. The number of amides is 1. The molecule has 0 aromatic heterocycles. The van der Waals surface area contributed by atoms with Crippen molar-refractivity contribution in [1.82, 2.24) is 5.32 Å². The summed E-state index contributed by atoms with van der Waals surface area (Å²) in [6, 6.07) is 15.0. The third kappa shape index (κ3) is 4.83. The molecule has 23 heavy (non-hydrogen) atoms. The van der Waals surface area contributed by atoms with Crippen molar-refractivity contribution in [1.29, 1.82) is 0 Å². The molecule has 0 spiro atoms. The molecule has 0 aliphatic rings. The number of aromatic hydroxyl groups is 1. The van der Waals surface area contributed by atoms with E-state index in [4.69, 9.17) is 0 Å². The van der Waals surface area contributed by atoms with Gasteiger partial charge in [-0.2, -0.15) is 0 Å². The minimum Gasteiger partial charge on any atom is -0.508 e. The molecule has 0 saturated carbocycles. The first kappa shape index (κ1) is 17.5. The highest BCUT2D eigenvalue weighted by Gasteiger charge is 2.29. The molecule has 0 bridgehead atoms. The van der Waals surface area contributed by atoms with Crippen LogP contribution < -0.4 is 5.32 Å². The number of rotatable bonds is 6. The fourth-order valence-corrected chi connectivity index (χ4v) is 2.79. The van der Waals surface area contributed by atoms with E-state index in [1.54, 1.807) is 12.1 Å². The zero-order valence-electron chi connectivity index (χ0n) is 13.5. The van der Waals surface area contributed by atoms with E-state index in [2.05, 4.69) is 21.2 Å². The van der Waals surface area contributed by atoms with Crippen LogP contribution in [0.4, 0.5) is 0 Å². The molecule has 0 unspecified atom stereocenters. The van der Waals surface area contributed by atoms with E-state index < -0.39 is 5.41 Å². The molecule has 0 fully saturated rings. The van der Waals surface area contributed by atoms with Crippen LogP contribution in [0, 0.1) is 0 Å². The van der Waals surface area contributed by atoms with Crippen LogP contribution in [-0.2, 0) is 16.6 Å². The lowest BCUT2D eigenvalue weighted by molar-refractivity contribution is -0.125. The van der Waals surface area contributed by atoms with Gasteiger partial charge in [-0.05, 0) is 62.1 Å². The predicted octanol–water partition coefficient (Wildman–Crippen LogP) is 4.18. The van der Waals surface area contributed by atoms with Crippen LogP contribution in [0.2, 0.25) is 0 Å². The van der Waals surface area contributed by atoms with Crippen molar-refractivity contribution in [3.05, 3.63) is 64.1 Å². The van der Waals surface area contributed by atoms with E-state index in [1.807, 2.05) is 50.2 Å². The number of carbonyl (C=O) groups is 1. The molecular weight excluding hydrogens is 354 g/mol. The van der Waals surface area contributed by atoms with E-state index in [9.17, 15) is 9.90 Å². The minimum atomic E-state index is -0.567. The van der Waals surface area contributed by atoms with Crippen LogP contribution in [0.1, 0.15) is 31.4 Å². The van der Waals surface area contributed by atoms with Crippen molar-refractivity contribution < 1.29 is 9.90 Å². The van der Waals surface area contributed by atoms with Crippen LogP contribution in [0.5, 0.6) is 5.75 Å². The lowest BCUT2D eigenvalue weighted by atomic mass is 9.84. The van der Waals surface area contributed by atoms with E-state index >= 15 is 0 Å². The lowest BCUT2D eigenvalue weighted by Crippen LogP contribution is -2.40. The Bertz CT molecular complexity index is 665. The van der Waals surface area contributed by atoms with Crippen LogP contribution in [0.3, 0.4) is 0 Å². The van der Waals surface area contributed by atoms with Gasteiger partial charge >= 0.3 is 0 Å². The molecule has 4 heteroatoms. The molecule has 0 aliphatic heterocycles. The van der Waals surface area contributed by atoms with E-state index in [0.717, 1.165) is 28.4 Å². The molecule has 1 amide bonds. The number of hydrogen-bond donors (Lipinski definition) is 2. The van der Waals surface area contributed by atoms with Gasteiger partial charge in [0.15, 0.2) is 0 Å². The van der Waals surface area contributed by atoms with Crippen molar-refractivity contribution in [3.63, 3.8) is 0 Å². The fraction of sp³-hybridized carbons (Fsp3) is 0.316. The molecule has 0 radical (unpaired) electrons. The Morgan fingerprint density at radius 3 is 2.52 bits per heavy atom. The summed E-state index contributed by atoms with van der Waals surface area (Å²) in [4.78, 5) is 12.5. The summed E-state index contributed by atoms with van der Waals surface area (Å²) >= 11 is 3.45. The van der Waals surface area contributed by atoms with Crippen LogP contribution in [0.15, 0.2) is 53.0 Å². The highest BCUT2D eigenvalue weighted by molar-refractivity contribution is 9.10. The highest BCUT2D eigenvalue weighted by Crippen LogP contribution is 2.26. The molecule has 0 saturated heterocycles. The SMILES string of the molecule is CC(C)(C(=O)NCCCc1ccc(O)cc1)c1cccc(Br)c1. The number of carbonyl (C=O) groups excluding carboxylic acids is 1. The van der Waals surface area contributed by atoms with Crippen LogP contribution in [-0.4, -0.2) is 17.6 Å². The van der Waals surface area contributed by atoms with Gasteiger partial charge in [0.25, 0.3) is 0 Å². The summed E-state index contributed by atoms with van der Waals surface area (Å²) in [6.45, 7) is 4.51. The highest BCUT2D eigenvalue weighted by atomic mass is 79.9. The smallest absolute Gasteiger partial charge is 0.230 e. The molecule has 122 valence electrons. The average molecular weight is 376 g/mol. The summed E-state index contributed by atoms with van der Waals surface area (Å²) in [5.41, 5.74) is 1.58. The first-order chi connectivity index (χ1) is 10.9. The predicted molar refractivity (Wildman–Crippen MR) is 96.6 cm³/mol. The zero-order valence-corrected chi connectivity index (χ0v) is 15.1. The topological polar surface area (TPSA) is 49.3 Å². The quantitative estimate of drug-likeness (QED) is 0.743. The van der Waals surface area contributed by atoms with Crippen molar-refractivity contribution >= 4 is 21.8 Å². The summed E-state index contributed by atoms with van der Waals surface area (Å²) in [5.74, 6) is 0.305. The van der Waals surface area contributed by atoms with Gasteiger partial charge in [-0.25, -0.2) is 0 Å². The maximum Gasteiger partial charge on any atom is 0.230 e. The molecule has 2 aromatic rings. The van der Waals surface area contributed by atoms with Gasteiger partial charge in [0.05, 0.1) is 5.41 Å². The number of nitrogens with one attached hydrogen (secondary N) is 1. The van der Waals surface area contributed by atoms with E-state index in [-0.39, 0.29) is 11.7 Å². The summed E-state index contributed by atoms with van der Waals surface area (Å²) in [7, 11) is 0. The standard InChI is InChI=1S/C19H22BrNO2/c1-19(2,15-6-3-7-16(20)13-15)18(23)21-12-4-5-14-8-10-17(22)11-9-14/h3,6-11,13,22H,4-5,12H2,1-2H3,(H,21,23). The molecule has 2 N–H and O–H groups in total. The van der Waals surface area contributed by atoms with Crippen molar-refractivity contribution in [2.24, 2.45) is 0 Å². The Kier molecular flexibility index (Phi) is 5.83. The minimum absolute atomic E-state index is 0.0290. The van der Waals surface area contributed by atoms with Gasteiger partial charge in [0.2, 0.25) is 5.91 Å². The van der Waals surface area contributed by atoms with Gasteiger partial charge in [0, 0.05) is 11.0 Å². The van der Waals surface area contributed by atoms with Gasteiger partial charge < -0.3 is 10.4 Å². The van der Waals surface area contributed by atoms with E-state index in [1.165, 1.54) is 0 Å². The normalized spacial score (nSPS) is 11.3. The lowest BCUT2D eigenvalue weighted by Gasteiger charge is -2.24. The van der Waals surface area contributed by atoms with Crippen molar-refractivity contribution in [3.8, 4) is 5.75 Å². The molecule has 0 heterocycles. The van der Waals surface area contributed by atoms with Gasteiger partial charge in [0.1, 0.15) is 5.75 Å². The van der Waals surface area contributed by atoms with Gasteiger partial charge in [-0.15, -0.1) is 0 Å². The third-order valence-electron chi connectivity index (χ3n) is 3.98. The number of halogens is 1. The van der Waals surface area contributed by atoms with E-state index in [0.29, 0.717) is 6.54 Å². The van der Waals surface area contributed by atoms with Gasteiger partial charge in [-0.3, -0.25) is 4.79 Å².